The number of hydrogen-bond acceptors (Lipinski definition) is 1. The molecule has 0 atom stereocenters. The molecule has 0 N–H and O–H groups in total. The molecule has 0 saturated heterocycles. The van der Waals surface area contributed by atoms with E-state index < -0.39 is 5.41 Å². The van der Waals surface area contributed by atoms with Gasteiger partial charge in [-0.3, -0.25) is 4.79 Å². The molecule has 0 heterocycles. The first kappa shape index (κ1) is 11.9. The highest BCUT2D eigenvalue weighted by Crippen LogP contribution is 2.45. The molecular formula is C18H16O. The lowest BCUT2D eigenvalue weighted by atomic mass is 9.72. The van der Waals surface area contributed by atoms with Gasteiger partial charge in [0.2, 0.25) is 0 Å². The van der Waals surface area contributed by atoms with E-state index in [-0.39, 0.29) is 5.78 Å². The van der Waals surface area contributed by atoms with Crippen LogP contribution in [0.3, 0.4) is 0 Å². The third kappa shape index (κ3) is 1.74. The van der Waals surface area contributed by atoms with Crippen LogP contribution in [0.1, 0.15) is 24.0 Å². The predicted octanol–water partition coefficient (Wildman–Crippen LogP) is 3.89. The molecule has 1 fully saturated rings. The zero-order valence-corrected chi connectivity index (χ0v) is 10.8. The molecule has 0 radical (unpaired) electrons. The van der Waals surface area contributed by atoms with E-state index in [0.717, 1.165) is 29.5 Å². The Bertz CT molecular complexity index is 571. The van der Waals surface area contributed by atoms with E-state index in [4.69, 9.17) is 0 Å². The highest BCUT2D eigenvalue weighted by atomic mass is 16.1. The number of rotatable bonds is 2. The van der Waals surface area contributed by atoms with Gasteiger partial charge >= 0.3 is 0 Å². The van der Waals surface area contributed by atoms with Crippen LogP contribution in [0.2, 0.25) is 0 Å². The lowest BCUT2D eigenvalue weighted by molar-refractivity contribution is -0.118. The Morgan fingerprint density at radius 2 is 1.32 bits per heavy atom. The predicted molar refractivity (Wildman–Crippen MR) is 77.0 cm³/mol. The molecular weight excluding hydrogens is 232 g/mol. The topological polar surface area (TPSA) is 17.1 Å². The van der Waals surface area contributed by atoms with Crippen LogP contribution in [-0.4, -0.2) is 5.78 Å². The molecule has 0 spiro atoms. The van der Waals surface area contributed by atoms with Crippen LogP contribution in [0, 0.1) is 0 Å². The van der Waals surface area contributed by atoms with E-state index in [1.54, 1.807) is 0 Å². The fraction of sp³-hybridized carbons (Fsp3) is 0.167. The minimum absolute atomic E-state index is 0.171. The van der Waals surface area contributed by atoms with Gasteiger partial charge < -0.3 is 0 Å². The molecule has 0 aliphatic heterocycles. The van der Waals surface area contributed by atoms with Crippen molar-refractivity contribution in [2.45, 2.75) is 18.3 Å². The molecule has 1 aliphatic rings. The number of benzene rings is 2. The Balaban J connectivity index is 2.23. The minimum atomic E-state index is -0.528. The molecule has 1 heteroatoms. The van der Waals surface area contributed by atoms with Gasteiger partial charge in [0.05, 0.1) is 5.41 Å². The summed E-state index contributed by atoms with van der Waals surface area (Å²) in [7, 11) is 0. The number of Topliss-reactive ketones (excluding diaryl/α,β-unsaturated/α-hetero) is 1. The van der Waals surface area contributed by atoms with E-state index in [0.29, 0.717) is 0 Å². The summed E-state index contributed by atoms with van der Waals surface area (Å²) < 4.78 is 0. The highest BCUT2D eigenvalue weighted by molar-refractivity contribution is 6.07. The summed E-state index contributed by atoms with van der Waals surface area (Å²) >= 11 is 0. The average Bonchev–Trinajstić information content (AvgIpc) is 2.78. The lowest BCUT2D eigenvalue weighted by Gasteiger charge is -2.28. The summed E-state index contributed by atoms with van der Waals surface area (Å²) in [6.07, 6.45) is 1.60. The molecule has 2 aromatic carbocycles. The molecule has 3 rings (SSSR count). The van der Waals surface area contributed by atoms with Crippen molar-refractivity contribution in [2.24, 2.45) is 0 Å². The summed E-state index contributed by atoms with van der Waals surface area (Å²) in [6.45, 7) is 3.93. The van der Waals surface area contributed by atoms with Crippen molar-refractivity contribution < 1.29 is 4.79 Å². The summed E-state index contributed by atoms with van der Waals surface area (Å²) in [5.74, 6) is 0.171. The van der Waals surface area contributed by atoms with Gasteiger partial charge in [0.1, 0.15) is 0 Å². The van der Waals surface area contributed by atoms with Crippen LogP contribution in [0.25, 0.3) is 0 Å². The Hall–Kier alpha value is -2.15. The number of ketones is 1. The Morgan fingerprint density at radius 3 is 1.68 bits per heavy atom. The van der Waals surface area contributed by atoms with Gasteiger partial charge in [-0.25, -0.2) is 0 Å². The molecule has 0 amide bonds. The highest BCUT2D eigenvalue weighted by Gasteiger charge is 2.46. The van der Waals surface area contributed by atoms with Crippen molar-refractivity contribution in [2.75, 3.05) is 0 Å². The van der Waals surface area contributed by atoms with Gasteiger partial charge in [-0.05, 0) is 29.5 Å². The quantitative estimate of drug-likeness (QED) is 0.737. The summed E-state index contributed by atoms with van der Waals surface area (Å²) in [5.41, 5.74) is 2.36. The summed E-state index contributed by atoms with van der Waals surface area (Å²) in [6, 6.07) is 20.1. The van der Waals surface area contributed by atoms with Gasteiger partial charge in [0.15, 0.2) is 5.78 Å². The maximum atomic E-state index is 12.7. The van der Waals surface area contributed by atoms with Gasteiger partial charge in [-0.2, -0.15) is 0 Å². The number of allylic oxidation sites excluding steroid dienone is 1. The third-order valence-electron chi connectivity index (χ3n) is 4.04. The van der Waals surface area contributed by atoms with Crippen LogP contribution in [-0.2, 0) is 10.2 Å². The molecule has 2 aromatic rings. The Kier molecular flexibility index (Phi) is 2.83. The molecule has 0 unspecified atom stereocenters. The van der Waals surface area contributed by atoms with Crippen LogP contribution < -0.4 is 0 Å². The van der Waals surface area contributed by atoms with Crippen molar-refractivity contribution in [1.29, 1.82) is 0 Å². The SMILES string of the molecule is C=C1CCC(c2ccccc2)(c2ccccc2)C1=O. The number of carbonyl (C=O) groups is 1. The maximum Gasteiger partial charge on any atom is 0.173 e. The third-order valence-corrected chi connectivity index (χ3v) is 4.04. The Morgan fingerprint density at radius 1 is 0.842 bits per heavy atom. The zero-order chi connectivity index (χ0) is 13.3. The zero-order valence-electron chi connectivity index (χ0n) is 10.8. The summed E-state index contributed by atoms with van der Waals surface area (Å²) in [4.78, 5) is 12.7. The molecule has 1 nitrogen and oxygen atoms in total. The second-order valence-electron chi connectivity index (χ2n) is 5.07. The van der Waals surface area contributed by atoms with E-state index >= 15 is 0 Å². The van der Waals surface area contributed by atoms with E-state index in [9.17, 15) is 4.79 Å². The molecule has 0 aromatic heterocycles. The van der Waals surface area contributed by atoms with Crippen LogP contribution in [0.5, 0.6) is 0 Å². The minimum Gasteiger partial charge on any atom is -0.293 e. The summed E-state index contributed by atoms with van der Waals surface area (Å²) in [5, 5.41) is 0. The van der Waals surface area contributed by atoms with Gasteiger partial charge in [-0.1, -0.05) is 67.2 Å². The molecule has 1 aliphatic carbocycles. The number of carbonyl (C=O) groups excluding carboxylic acids is 1. The normalized spacial score (nSPS) is 17.7. The fourth-order valence-corrected chi connectivity index (χ4v) is 3.03. The number of hydrogen-bond donors (Lipinski definition) is 0. The van der Waals surface area contributed by atoms with E-state index in [1.807, 2.05) is 60.7 Å². The first-order chi connectivity index (χ1) is 9.25. The first-order valence-corrected chi connectivity index (χ1v) is 6.59. The van der Waals surface area contributed by atoms with Crippen molar-refractivity contribution in [3.63, 3.8) is 0 Å². The smallest absolute Gasteiger partial charge is 0.173 e. The van der Waals surface area contributed by atoms with Gasteiger partial charge in [0.25, 0.3) is 0 Å². The second-order valence-corrected chi connectivity index (χ2v) is 5.07. The fourth-order valence-electron chi connectivity index (χ4n) is 3.03. The van der Waals surface area contributed by atoms with Crippen LogP contribution >= 0.6 is 0 Å². The van der Waals surface area contributed by atoms with Crippen LogP contribution in [0.4, 0.5) is 0 Å². The van der Waals surface area contributed by atoms with Gasteiger partial charge in [0, 0.05) is 0 Å². The second kappa shape index (κ2) is 4.51. The average molecular weight is 248 g/mol. The molecule has 1 saturated carbocycles. The molecule has 19 heavy (non-hydrogen) atoms. The van der Waals surface area contributed by atoms with Crippen molar-refractivity contribution in [3.8, 4) is 0 Å². The standard InChI is InChI=1S/C18H16O/c1-14-12-13-18(17(14)19,15-8-4-2-5-9-15)16-10-6-3-7-11-16/h2-11H,1,12-13H2. The van der Waals surface area contributed by atoms with Crippen LogP contribution in [0.15, 0.2) is 72.8 Å². The Labute approximate surface area is 113 Å². The van der Waals surface area contributed by atoms with Crippen molar-refractivity contribution >= 4 is 5.78 Å². The molecule has 0 bridgehead atoms. The van der Waals surface area contributed by atoms with Gasteiger partial charge in [-0.15, -0.1) is 0 Å². The largest absolute Gasteiger partial charge is 0.293 e. The van der Waals surface area contributed by atoms with Crippen molar-refractivity contribution in [3.05, 3.63) is 83.9 Å². The van der Waals surface area contributed by atoms with E-state index in [1.165, 1.54) is 0 Å². The van der Waals surface area contributed by atoms with E-state index in [2.05, 4.69) is 6.58 Å². The maximum absolute atomic E-state index is 12.7. The lowest BCUT2D eigenvalue weighted by Crippen LogP contribution is -2.32. The monoisotopic (exact) mass is 248 g/mol. The first-order valence-electron chi connectivity index (χ1n) is 6.59. The van der Waals surface area contributed by atoms with Crippen molar-refractivity contribution in [1.82, 2.24) is 0 Å². The molecule has 94 valence electrons.